The monoisotopic (exact) mass is 212 g/mol. The quantitative estimate of drug-likeness (QED) is 0.476. The maximum atomic E-state index is 10.8. The van der Waals surface area contributed by atoms with Gasteiger partial charge in [0, 0.05) is 6.54 Å². The molecule has 15 heavy (non-hydrogen) atoms. The number of hydrogen-bond donors (Lipinski definition) is 4. The van der Waals surface area contributed by atoms with Crippen molar-refractivity contribution in [3.05, 3.63) is 0 Å². The van der Waals surface area contributed by atoms with Crippen molar-refractivity contribution in [3.63, 3.8) is 0 Å². The molecule has 2 aliphatic rings. The fourth-order valence-corrected chi connectivity index (χ4v) is 1.90. The van der Waals surface area contributed by atoms with E-state index in [0.717, 1.165) is 31.9 Å². The van der Waals surface area contributed by atoms with Crippen LogP contribution in [0.1, 0.15) is 19.3 Å². The summed E-state index contributed by atoms with van der Waals surface area (Å²) < 4.78 is 0. The predicted molar refractivity (Wildman–Crippen MR) is 55.6 cm³/mol. The lowest BCUT2D eigenvalue weighted by Crippen LogP contribution is -2.56. The standard InChI is InChI=1S/C9H16N4O2/c14-8(15)6-2-1-3-7(12-6)13-9-10-4-5-11-9/h6-7,12H,1-5H2,(H,14,15)(H2,10,11,13). The molecule has 6 heteroatoms. The molecule has 6 nitrogen and oxygen atoms in total. The van der Waals surface area contributed by atoms with Gasteiger partial charge in [0.25, 0.3) is 0 Å². The molecule has 2 heterocycles. The molecule has 4 N–H and O–H groups in total. The molecule has 2 rings (SSSR count). The smallest absolute Gasteiger partial charge is 0.320 e. The Labute approximate surface area is 88.1 Å². The zero-order valence-corrected chi connectivity index (χ0v) is 8.49. The van der Waals surface area contributed by atoms with Crippen LogP contribution < -0.4 is 16.0 Å². The Morgan fingerprint density at radius 3 is 3.07 bits per heavy atom. The van der Waals surface area contributed by atoms with Gasteiger partial charge < -0.3 is 15.7 Å². The minimum Gasteiger partial charge on any atom is -0.480 e. The first kappa shape index (κ1) is 10.2. The maximum Gasteiger partial charge on any atom is 0.320 e. The second-order valence-corrected chi connectivity index (χ2v) is 3.84. The van der Waals surface area contributed by atoms with E-state index in [9.17, 15) is 4.79 Å². The molecular weight excluding hydrogens is 196 g/mol. The molecule has 0 bridgehead atoms. The number of carbonyl (C=O) groups is 1. The number of nitrogens with zero attached hydrogens (tertiary/aromatic N) is 1. The van der Waals surface area contributed by atoms with Gasteiger partial charge in [-0.3, -0.25) is 15.1 Å². The molecule has 0 aromatic heterocycles. The zero-order valence-electron chi connectivity index (χ0n) is 8.49. The number of guanidine groups is 1. The van der Waals surface area contributed by atoms with Crippen LogP contribution in [-0.2, 0) is 4.79 Å². The van der Waals surface area contributed by atoms with Crippen LogP contribution in [0.2, 0.25) is 0 Å². The van der Waals surface area contributed by atoms with Gasteiger partial charge in [-0.15, -0.1) is 0 Å². The Hall–Kier alpha value is -1.30. The van der Waals surface area contributed by atoms with E-state index < -0.39 is 12.0 Å². The van der Waals surface area contributed by atoms with Crippen LogP contribution in [0, 0.1) is 0 Å². The first-order chi connectivity index (χ1) is 7.25. The summed E-state index contributed by atoms with van der Waals surface area (Å²) in [6.45, 7) is 1.65. The molecule has 2 unspecified atom stereocenters. The van der Waals surface area contributed by atoms with Crippen LogP contribution in [0.3, 0.4) is 0 Å². The first-order valence-electron chi connectivity index (χ1n) is 5.29. The van der Waals surface area contributed by atoms with Crippen LogP contribution in [-0.4, -0.2) is 42.3 Å². The molecule has 0 aromatic carbocycles. The summed E-state index contributed by atoms with van der Waals surface area (Å²) in [5, 5.41) is 18.2. The van der Waals surface area contributed by atoms with Crippen molar-refractivity contribution < 1.29 is 9.90 Å². The number of rotatable bonds is 2. The number of carboxylic acids is 1. The van der Waals surface area contributed by atoms with E-state index in [0.29, 0.717) is 6.42 Å². The van der Waals surface area contributed by atoms with E-state index in [2.05, 4.69) is 20.9 Å². The SMILES string of the molecule is O=C(O)C1CCCC(NC2=NCCN2)N1. The highest BCUT2D eigenvalue weighted by Gasteiger charge is 2.26. The van der Waals surface area contributed by atoms with E-state index in [1.165, 1.54) is 0 Å². The number of aliphatic imine (C=N–C) groups is 1. The molecular formula is C9H16N4O2. The lowest BCUT2D eigenvalue weighted by atomic mass is 10.0. The van der Waals surface area contributed by atoms with Gasteiger partial charge in [-0.25, -0.2) is 0 Å². The van der Waals surface area contributed by atoms with Crippen LogP contribution in [0.15, 0.2) is 4.99 Å². The third kappa shape index (κ3) is 2.59. The minimum atomic E-state index is -0.775. The summed E-state index contributed by atoms with van der Waals surface area (Å²) in [6, 6.07) is -0.432. The van der Waals surface area contributed by atoms with Gasteiger partial charge in [-0.05, 0) is 19.3 Å². The Morgan fingerprint density at radius 2 is 2.40 bits per heavy atom. The average Bonchev–Trinajstić information content (AvgIpc) is 2.71. The molecule has 0 radical (unpaired) electrons. The molecule has 0 amide bonds. The third-order valence-corrected chi connectivity index (χ3v) is 2.67. The zero-order chi connectivity index (χ0) is 10.7. The summed E-state index contributed by atoms with van der Waals surface area (Å²) in [7, 11) is 0. The summed E-state index contributed by atoms with van der Waals surface area (Å²) in [4.78, 5) is 15.0. The van der Waals surface area contributed by atoms with E-state index in [-0.39, 0.29) is 6.17 Å². The third-order valence-electron chi connectivity index (χ3n) is 2.67. The Bertz CT molecular complexity index is 279. The Balaban J connectivity index is 1.84. The summed E-state index contributed by atoms with van der Waals surface area (Å²) in [5.74, 6) is 0.00126. The Kier molecular flexibility index (Phi) is 3.05. The van der Waals surface area contributed by atoms with Crippen LogP contribution in [0.25, 0.3) is 0 Å². The topological polar surface area (TPSA) is 85.8 Å². The average molecular weight is 212 g/mol. The van der Waals surface area contributed by atoms with Crippen molar-refractivity contribution >= 4 is 11.9 Å². The molecule has 0 aliphatic carbocycles. The fourth-order valence-electron chi connectivity index (χ4n) is 1.90. The number of carboxylic acid groups (broad SMARTS) is 1. The molecule has 1 saturated heterocycles. The first-order valence-corrected chi connectivity index (χ1v) is 5.29. The maximum absolute atomic E-state index is 10.8. The molecule has 84 valence electrons. The molecule has 2 aliphatic heterocycles. The van der Waals surface area contributed by atoms with Crippen molar-refractivity contribution in [3.8, 4) is 0 Å². The van der Waals surface area contributed by atoms with Crippen LogP contribution >= 0.6 is 0 Å². The van der Waals surface area contributed by atoms with Crippen molar-refractivity contribution in [2.45, 2.75) is 31.5 Å². The summed E-state index contributed by atoms with van der Waals surface area (Å²) in [5.41, 5.74) is 0. The second-order valence-electron chi connectivity index (χ2n) is 3.84. The highest BCUT2D eigenvalue weighted by molar-refractivity contribution is 5.81. The van der Waals surface area contributed by atoms with E-state index in [1.54, 1.807) is 0 Å². The predicted octanol–water partition coefficient (Wildman–Crippen LogP) is -0.912. The van der Waals surface area contributed by atoms with Gasteiger partial charge in [-0.2, -0.15) is 0 Å². The highest BCUT2D eigenvalue weighted by atomic mass is 16.4. The summed E-state index contributed by atoms with van der Waals surface area (Å²) in [6.07, 6.45) is 2.58. The molecule has 1 fully saturated rings. The minimum absolute atomic E-state index is 0.0178. The van der Waals surface area contributed by atoms with E-state index in [1.807, 2.05) is 0 Å². The van der Waals surface area contributed by atoms with Gasteiger partial charge >= 0.3 is 5.97 Å². The Morgan fingerprint density at radius 1 is 1.53 bits per heavy atom. The molecule has 0 aromatic rings. The van der Waals surface area contributed by atoms with E-state index in [4.69, 9.17) is 5.11 Å². The van der Waals surface area contributed by atoms with Gasteiger partial charge in [0.1, 0.15) is 6.04 Å². The van der Waals surface area contributed by atoms with Crippen LogP contribution in [0.4, 0.5) is 0 Å². The second kappa shape index (κ2) is 4.48. The van der Waals surface area contributed by atoms with Crippen LogP contribution in [0.5, 0.6) is 0 Å². The van der Waals surface area contributed by atoms with Gasteiger partial charge in [-0.1, -0.05) is 0 Å². The lowest BCUT2D eigenvalue weighted by molar-refractivity contribution is -0.140. The van der Waals surface area contributed by atoms with Gasteiger partial charge in [0.15, 0.2) is 5.96 Å². The van der Waals surface area contributed by atoms with Crippen molar-refractivity contribution in [1.29, 1.82) is 0 Å². The summed E-state index contributed by atoms with van der Waals surface area (Å²) >= 11 is 0. The largest absolute Gasteiger partial charge is 0.480 e. The molecule has 0 spiro atoms. The highest BCUT2D eigenvalue weighted by Crippen LogP contribution is 2.11. The molecule has 0 saturated carbocycles. The fraction of sp³-hybridized carbons (Fsp3) is 0.778. The van der Waals surface area contributed by atoms with Gasteiger partial charge in [0.2, 0.25) is 0 Å². The van der Waals surface area contributed by atoms with Crippen molar-refractivity contribution in [2.75, 3.05) is 13.1 Å². The lowest BCUT2D eigenvalue weighted by Gasteiger charge is -2.29. The normalized spacial score (nSPS) is 30.5. The number of piperidine rings is 1. The number of aliphatic carboxylic acids is 1. The van der Waals surface area contributed by atoms with Crippen molar-refractivity contribution in [1.82, 2.24) is 16.0 Å². The van der Waals surface area contributed by atoms with E-state index >= 15 is 0 Å². The van der Waals surface area contributed by atoms with Crippen molar-refractivity contribution in [2.24, 2.45) is 4.99 Å². The number of hydrogen-bond acceptors (Lipinski definition) is 5. The number of nitrogens with one attached hydrogen (secondary N) is 3. The molecule has 2 atom stereocenters. The van der Waals surface area contributed by atoms with Gasteiger partial charge in [0.05, 0.1) is 12.7 Å².